The molecule has 0 aromatic heterocycles. The van der Waals surface area contributed by atoms with Gasteiger partial charge in [0.2, 0.25) is 0 Å². The van der Waals surface area contributed by atoms with Gasteiger partial charge < -0.3 is 5.11 Å². The molecule has 0 heterocycles. The van der Waals surface area contributed by atoms with Crippen LogP contribution < -0.4 is 5.43 Å². The number of phenolic OH excluding ortho intramolecular Hbond substituents is 1. The van der Waals surface area contributed by atoms with E-state index in [0.717, 1.165) is 11.1 Å². The van der Waals surface area contributed by atoms with Crippen molar-refractivity contribution in [3.05, 3.63) is 65.2 Å². The van der Waals surface area contributed by atoms with Crippen molar-refractivity contribution in [1.29, 1.82) is 0 Å². The summed E-state index contributed by atoms with van der Waals surface area (Å²) >= 11 is 0. The van der Waals surface area contributed by atoms with E-state index in [1.807, 2.05) is 31.2 Å². The number of amides is 1. The minimum atomic E-state index is -0.248. The summed E-state index contributed by atoms with van der Waals surface area (Å²) in [7, 11) is 0. The molecule has 4 nitrogen and oxygen atoms in total. The highest BCUT2D eigenvalue weighted by atomic mass is 16.3. The van der Waals surface area contributed by atoms with Crippen molar-refractivity contribution in [1.82, 2.24) is 5.43 Å². The number of aryl methyl sites for hydroxylation is 1. The molecular weight excluding hydrogens is 252 g/mol. The lowest BCUT2D eigenvalue weighted by Gasteiger charge is -2.05. The van der Waals surface area contributed by atoms with E-state index < -0.39 is 0 Å². The molecule has 0 unspecified atom stereocenters. The number of hydrogen-bond donors (Lipinski definition) is 2. The maximum absolute atomic E-state index is 12.0. The minimum absolute atomic E-state index is 0.169. The molecule has 102 valence electrons. The van der Waals surface area contributed by atoms with Gasteiger partial charge in [0.05, 0.1) is 5.71 Å². The summed E-state index contributed by atoms with van der Waals surface area (Å²) in [6, 6.07) is 14.1. The van der Waals surface area contributed by atoms with Gasteiger partial charge in [-0.15, -0.1) is 0 Å². The average Bonchev–Trinajstić information content (AvgIpc) is 2.45. The molecule has 2 N–H and O–H groups in total. The van der Waals surface area contributed by atoms with Crippen LogP contribution >= 0.6 is 0 Å². The number of benzene rings is 2. The predicted molar refractivity (Wildman–Crippen MR) is 79.0 cm³/mol. The third-order valence-electron chi connectivity index (χ3n) is 2.98. The van der Waals surface area contributed by atoms with Gasteiger partial charge in [-0.05, 0) is 37.6 Å². The van der Waals surface area contributed by atoms with Gasteiger partial charge in [0.1, 0.15) is 5.75 Å². The molecule has 0 fully saturated rings. The molecule has 0 saturated heterocycles. The number of rotatable bonds is 3. The summed E-state index contributed by atoms with van der Waals surface area (Å²) in [5.41, 5.74) is 5.41. The SMILES string of the molecule is CC(=NNC(=O)c1ccccc1C)c1cccc(O)c1. The summed E-state index contributed by atoms with van der Waals surface area (Å²) in [6.45, 7) is 3.65. The third kappa shape index (κ3) is 3.23. The number of hydrogen-bond acceptors (Lipinski definition) is 3. The molecule has 0 radical (unpaired) electrons. The summed E-state index contributed by atoms with van der Waals surface area (Å²) in [5, 5.41) is 13.5. The van der Waals surface area contributed by atoms with E-state index in [1.165, 1.54) is 0 Å². The Labute approximate surface area is 117 Å². The molecule has 0 aliphatic rings. The van der Waals surface area contributed by atoms with Gasteiger partial charge in [-0.25, -0.2) is 5.43 Å². The van der Waals surface area contributed by atoms with E-state index in [0.29, 0.717) is 11.3 Å². The van der Waals surface area contributed by atoms with Gasteiger partial charge in [0.15, 0.2) is 0 Å². The van der Waals surface area contributed by atoms with Crippen molar-refractivity contribution < 1.29 is 9.90 Å². The fraction of sp³-hybridized carbons (Fsp3) is 0.125. The normalized spacial score (nSPS) is 11.2. The maximum Gasteiger partial charge on any atom is 0.271 e. The molecule has 2 rings (SSSR count). The van der Waals surface area contributed by atoms with Crippen LogP contribution in [0.5, 0.6) is 5.75 Å². The van der Waals surface area contributed by atoms with Crippen molar-refractivity contribution in [2.75, 3.05) is 0 Å². The van der Waals surface area contributed by atoms with E-state index in [2.05, 4.69) is 10.5 Å². The molecule has 0 aliphatic carbocycles. The third-order valence-corrected chi connectivity index (χ3v) is 2.98. The number of carbonyl (C=O) groups excluding carboxylic acids is 1. The Morgan fingerprint density at radius 3 is 2.60 bits per heavy atom. The molecule has 2 aromatic rings. The molecule has 0 bridgehead atoms. The molecule has 20 heavy (non-hydrogen) atoms. The quantitative estimate of drug-likeness (QED) is 0.664. The van der Waals surface area contributed by atoms with Crippen LogP contribution in [-0.4, -0.2) is 16.7 Å². The second-order valence-electron chi connectivity index (χ2n) is 4.50. The van der Waals surface area contributed by atoms with Gasteiger partial charge in [-0.3, -0.25) is 4.79 Å². The lowest BCUT2D eigenvalue weighted by atomic mass is 10.1. The Balaban J connectivity index is 2.13. The largest absolute Gasteiger partial charge is 0.508 e. The highest BCUT2D eigenvalue weighted by molar-refractivity contribution is 6.01. The van der Waals surface area contributed by atoms with Gasteiger partial charge in [-0.1, -0.05) is 30.3 Å². The van der Waals surface area contributed by atoms with Gasteiger partial charge in [0, 0.05) is 11.1 Å². The van der Waals surface area contributed by atoms with Crippen LogP contribution in [-0.2, 0) is 0 Å². The maximum atomic E-state index is 12.0. The molecule has 1 amide bonds. The number of hydrazone groups is 1. The van der Waals surface area contributed by atoms with Crippen LogP contribution in [0, 0.1) is 6.92 Å². The van der Waals surface area contributed by atoms with E-state index in [1.54, 1.807) is 31.2 Å². The first-order valence-electron chi connectivity index (χ1n) is 6.27. The molecule has 0 aliphatic heterocycles. The van der Waals surface area contributed by atoms with Gasteiger partial charge in [-0.2, -0.15) is 5.10 Å². The second-order valence-corrected chi connectivity index (χ2v) is 4.50. The van der Waals surface area contributed by atoms with Crippen LogP contribution in [0.15, 0.2) is 53.6 Å². The lowest BCUT2D eigenvalue weighted by Crippen LogP contribution is -2.20. The fourth-order valence-electron chi connectivity index (χ4n) is 1.82. The van der Waals surface area contributed by atoms with E-state index >= 15 is 0 Å². The molecule has 4 heteroatoms. The summed E-state index contributed by atoms with van der Waals surface area (Å²) in [5.74, 6) is -0.0788. The topological polar surface area (TPSA) is 61.7 Å². The van der Waals surface area contributed by atoms with E-state index in [9.17, 15) is 9.90 Å². The standard InChI is InChI=1S/C16H16N2O2/c1-11-6-3-4-9-15(11)16(20)18-17-12(2)13-7-5-8-14(19)10-13/h3-10,19H,1-2H3,(H,18,20). The predicted octanol–water partition coefficient (Wildman–Crippen LogP) is 2.85. The zero-order valence-electron chi connectivity index (χ0n) is 11.4. The Morgan fingerprint density at radius 1 is 1.15 bits per heavy atom. The average molecular weight is 268 g/mol. The van der Waals surface area contributed by atoms with Crippen LogP contribution in [0.4, 0.5) is 0 Å². The fourth-order valence-corrected chi connectivity index (χ4v) is 1.82. The Morgan fingerprint density at radius 2 is 1.90 bits per heavy atom. The highest BCUT2D eigenvalue weighted by Crippen LogP contribution is 2.11. The van der Waals surface area contributed by atoms with Crippen LogP contribution in [0.25, 0.3) is 0 Å². The molecule has 0 atom stereocenters. The minimum Gasteiger partial charge on any atom is -0.508 e. The molecular formula is C16H16N2O2. The van der Waals surface area contributed by atoms with Crippen LogP contribution in [0.2, 0.25) is 0 Å². The van der Waals surface area contributed by atoms with Crippen LogP contribution in [0.3, 0.4) is 0 Å². The number of aromatic hydroxyl groups is 1. The monoisotopic (exact) mass is 268 g/mol. The first-order valence-corrected chi connectivity index (χ1v) is 6.27. The van der Waals surface area contributed by atoms with Crippen LogP contribution in [0.1, 0.15) is 28.4 Å². The first kappa shape index (κ1) is 13.8. The second kappa shape index (κ2) is 6.02. The number of carbonyl (C=O) groups is 1. The lowest BCUT2D eigenvalue weighted by molar-refractivity contribution is 0.0954. The molecule has 0 saturated carbocycles. The van der Waals surface area contributed by atoms with Crippen molar-refractivity contribution in [3.63, 3.8) is 0 Å². The molecule has 2 aromatic carbocycles. The zero-order valence-corrected chi connectivity index (χ0v) is 11.4. The Kier molecular flexibility index (Phi) is 4.15. The number of nitrogens with zero attached hydrogens (tertiary/aromatic N) is 1. The molecule has 0 spiro atoms. The van der Waals surface area contributed by atoms with Gasteiger partial charge in [0.25, 0.3) is 5.91 Å². The van der Waals surface area contributed by atoms with Crippen molar-refractivity contribution in [2.45, 2.75) is 13.8 Å². The van der Waals surface area contributed by atoms with E-state index in [-0.39, 0.29) is 11.7 Å². The first-order chi connectivity index (χ1) is 9.58. The van der Waals surface area contributed by atoms with Crippen molar-refractivity contribution >= 4 is 11.6 Å². The Bertz CT molecular complexity index is 663. The highest BCUT2D eigenvalue weighted by Gasteiger charge is 2.07. The summed E-state index contributed by atoms with van der Waals surface area (Å²) < 4.78 is 0. The zero-order chi connectivity index (χ0) is 14.5. The Hall–Kier alpha value is -2.62. The number of phenols is 1. The van der Waals surface area contributed by atoms with Gasteiger partial charge >= 0.3 is 0 Å². The summed E-state index contributed by atoms with van der Waals surface area (Å²) in [6.07, 6.45) is 0. The number of nitrogens with one attached hydrogen (secondary N) is 1. The van der Waals surface area contributed by atoms with E-state index in [4.69, 9.17) is 0 Å². The van der Waals surface area contributed by atoms with Crippen molar-refractivity contribution in [3.8, 4) is 5.75 Å². The summed E-state index contributed by atoms with van der Waals surface area (Å²) in [4.78, 5) is 12.0. The van der Waals surface area contributed by atoms with Crippen molar-refractivity contribution in [2.24, 2.45) is 5.10 Å². The smallest absolute Gasteiger partial charge is 0.271 e.